The largest absolute Gasteiger partial charge is 0.477 e. The van der Waals surface area contributed by atoms with Gasteiger partial charge in [0.1, 0.15) is 5.56 Å². The first-order valence-corrected chi connectivity index (χ1v) is 7.27. The van der Waals surface area contributed by atoms with Crippen molar-refractivity contribution in [1.82, 2.24) is 4.57 Å². The highest BCUT2D eigenvalue weighted by molar-refractivity contribution is 5.87. The summed E-state index contributed by atoms with van der Waals surface area (Å²) >= 11 is 0. The van der Waals surface area contributed by atoms with Gasteiger partial charge in [0.25, 0.3) is 5.56 Å². The zero-order valence-electron chi connectivity index (χ0n) is 13.7. The molecule has 1 heterocycles. The number of halogens is 3. The van der Waals surface area contributed by atoms with E-state index in [0.717, 1.165) is 16.7 Å². The lowest BCUT2D eigenvalue weighted by molar-refractivity contribution is -0.137. The molecule has 0 atom stereocenters. The summed E-state index contributed by atoms with van der Waals surface area (Å²) in [7, 11) is 0. The molecule has 2 aromatic rings. The highest BCUT2D eigenvalue weighted by atomic mass is 19.4. The predicted molar refractivity (Wildman–Crippen MR) is 84.8 cm³/mol. The van der Waals surface area contributed by atoms with Gasteiger partial charge in [-0.15, -0.1) is 0 Å². The van der Waals surface area contributed by atoms with Crippen LogP contribution in [0.5, 0.6) is 0 Å². The van der Waals surface area contributed by atoms with E-state index in [2.05, 4.69) is 0 Å². The van der Waals surface area contributed by atoms with Crippen LogP contribution in [0, 0.1) is 13.8 Å². The van der Waals surface area contributed by atoms with Crippen LogP contribution in [0.1, 0.15) is 41.0 Å². The maximum atomic E-state index is 12.8. The third-order valence-electron chi connectivity index (χ3n) is 3.36. The number of carbonyl (C=O) groups is 1. The summed E-state index contributed by atoms with van der Waals surface area (Å²) in [5.74, 6) is -1.42. The van der Waals surface area contributed by atoms with Crippen molar-refractivity contribution in [3.05, 3.63) is 63.1 Å². The van der Waals surface area contributed by atoms with Gasteiger partial charge in [-0.2, -0.15) is 13.2 Å². The van der Waals surface area contributed by atoms with E-state index >= 15 is 0 Å². The molecule has 0 amide bonds. The Morgan fingerprint density at radius 2 is 1.71 bits per heavy atom. The van der Waals surface area contributed by atoms with Gasteiger partial charge in [-0.3, -0.25) is 9.36 Å². The van der Waals surface area contributed by atoms with Crippen LogP contribution in [0.2, 0.25) is 0 Å². The van der Waals surface area contributed by atoms with Crippen LogP contribution in [0.3, 0.4) is 0 Å². The Hall–Kier alpha value is -2.57. The molecule has 0 aliphatic carbocycles. The lowest BCUT2D eigenvalue weighted by atomic mass is 10.1. The van der Waals surface area contributed by atoms with Gasteiger partial charge in [0, 0.05) is 11.4 Å². The van der Waals surface area contributed by atoms with E-state index in [9.17, 15) is 22.8 Å². The van der Waals surface area contributed by atoms with Gasteiger partial charge >= 0.3 is 12.1 Å². The second-order valence-corrected chi connectivity index (χ2v) is 4.82. The number of hydrogen-bond donors (Lipinski definition) is 1. The van der Waals surface area contributed by atoms with E-state index in [1.807, 2.05) is 13.8 Å². The van der Waals surface area contributed by atoms with E-state index in [4.69, 9.17) is 5.11 Å². The molecule has 1 aromatic heterocycles. The summed E-state index contributed by atoms with van der Waals surface area (Å²) < 4.78 is 39.4. The van der Waals surface area contributed by atoms with E-state index in [0.29, 0.717) is 11.3 Å². The topological polar surface area (TPSA) is 59.3 Å². The van der Waals surface area contributed by atoms with Gasteiger partial charge in [0.15, 0.2) is 0 Å². The first-order chi connectivity index (χ1) is 11.1. The van der Waals surface area contributed by atoms with Crippen LogP contribution in [-0.4, -0.2) is 15.6 Å². The second-order valence-electron chi connectivity index (χ2n) is 4.82. The molecule has 1 N–H and O–H groups in total. The van der Waals surface area contributed by atoms with Gasteiger partial charge in [-0.05, 0) is 43.7 Å². The van der Waals surface area contributed by atoms with E-state index in [1.54, 1.807) is 13.8 Å². The molecule has 0 aliphatic heterocycles. The van der Waals surface area contributed by atoms with Gasteiger partial charge in [-0.1, -0.05) is 19.9 Å². The van der Waals surface area contributed by atoms with Gasteiger partial charge < -0.3 is 5.11 Å². The third-order valence-corrected chi connectivity index (χ3v) is 3.36. The van der Waals surface area contributed by atoms with Gasteiger partial charge in [-0.25, -0.2) is 4.79 Å². The molecule has 0 aliphatic rings. The number of carboxylic acid groups (broad SMARTS) is 1. The third kappa shape index (κ3) is 3.84. The Morgan fingerprint density at radius 1 is 1.12 bits per heavy atom. The molecule has 0 spiro atoms. The first-order valence-electron chi connectivity index (χ1n) is 7.27. The van der Waals surface area contributed by atoms with Crippen LogP contribution in [0.4, 0.5) is 13.2 Å². The smallest absolute Gasteiger partial charge is 0.416 e. The standard InChI is InChI=1S/C15H12F3NO3.C2H6/c1-8-6-12(14(21)22)13(20)19(9(8)2)11-5-3-4-10(7-11)15(16,17)18;1-2/h3-7H,1-2H3,(H,21,22);1-2H3. The number of alkyl halides is 3. The Morgan fingerprint density at radius 3 is 2.21 bits per heavy atom. The molecule has 0 bridgehead atoms. The number of benzene rings is 1. The van der Waals surface area contributed by atoms with Gasteiger partial charge in [0.05, 0.1) is 5.56 Å². The molecular formula is C17H18F3NO3. The fourth-order valence-corrected chi connectivity index (χ4v) is 2.12. The number of aryl methyl sites for hydroxylation is 1. The minimum absolute atomic E-state index is 0.0245. The van der Waals surface area contributed by atoms with Crippen molar-refractivity contribution in [3.8, 4) is 5.69 Å². The Balaban J connectivity index is 0.00000139. The summed E-state index contributed by atoms with van der Waals surface area (Å²) in [6.45, 7) is 7.13. The number of hydrogen-bond acceptors (Lipinski definition) is 2. The van der Waals surface area contributed by atoms with Crippen LogP contribution in [-0.2, 0) is 6.18 Å². The average molecular weight is 341 g/mol. The Kier molecular flexibility index (Phi) is 5.95. The molecule has 7 heteroatoms. The van der Waals surface area contributed by atoms with Crippen molar-refractivity contribution >= 4 is 5.97 Å². The number of aromatic carboxylic acids is 1. The predicted octanol–water partition coefficient (Wildman–Crippen LogP) is 4.20. The minimum Gasteiger partial charge on any atom is -0.477 e. The van der Waals surface area contributed by atoms with Crippen LogP contribution in [0.25, 0.3) is 5.69 Å². The van der Waals surface area contributed by atoms with Crippen molar-refractivity contribution in [3.63, 3.8) is 0 Å². The molecule has 2 rings (SSSR count). The van der Waals surface area contributed by atoms with E-state index < -0.39 is 28.8 Å². The Bertz CT molecular complexity index is 808. The van der Waals surface area contributed by atoms with Crippen molar-refractivity contribution < 1.29 is 23.1 Å². The lowest BCUT2D eigenvalue weighted by Crippen LogP contribution is -2.27. The van der Waals surface area contributed by atoms with Crippen molar-refractivity contribution in [2.24, 2.45) is 0 Å². The zero-order chi connectivity index (χ0) is 18.7. The summed E-state index contributed by atoms with van der Waals surface area (Å²) in [5.41, 5.74) is -1.41. The Labute approximate surface area is 137 Å². The summed E-state index contributed by atoms with van der Waals surface area (Å²) in [6.07, 6.45) is -4.55. The molecule has 0 fully saturated rings. The maximum Gasteiger partial charge on any atom is 0.416 e. The molecule has 0 radical (unpaired) electrons. The second kappa shape index (κ2) is 7.33. The highest BCUT2D eigenvalue weighted by Crippen LogP contribution is 2.30. The molecule has 24 heavy (non-hydrogen) atoms. The number of aromatic nitrogens is 1. The molecule has 0 unspecified atom stereocenters. The first kappa shape index (κ1) is 19.5. The van der Waals surface area contributed by atoms with Crippen molar-refractivity contribution in [2.75, 3.05) is 0 Å². The fourth-order valence-electron chi connectivity index (χ4n) is 2.12. The van der Waals surface area contributed by atoms with Crippen LogP contribution < -0.4 is 5.56 Å². The van der Waals surface area contributed by atoms with Crippen molar-refractivity contribution in [1.29, 1.82) is 0 Å². The summed E-state index contributed by atoms with van der Waals surface area (Å²) in [4.78, 5) is 23.3. The molecule has 0 saturated heterocycles. The van der Waals surface area contributed by atoms with Crippen LogP contribution in [0.15, 0.2) is 35.1 Å². The molecule has 1 aromatic carbocycles. The molecule has 0 saturated carbocycles. The molecular weight excluding hydrogens is 323 g/mol. The average Bonchev–Trinajstić information content (AvgIpc) is 2.52. The number of carboxylic acids is 1. The maximum absolute atomic E-state index is 12.8. The summed E-state index contributed by atoms with van der Waals surface area (Å²) in [5, 5.41) is 9.04. The monoisotopic (exact) mass is 341 g/mol. The van der Waals surface area contributed by atoms with E-state index in [-0.39, 0.29) is 5.69 Å². The van der Waals surface area contributed by atoms with Crippen molar-refractivity contribution in [2.45, 2.75) is 33.9 Å². The van der Waals surface area contributed by atoms with Crippen LogP contribution >= 0.6 is 0 Å². The number of rotatable bonds is 2. The minimum atomic E-state index is -4.55. The quantitative estimate of drug-likeness (QED) is 0.891. The lowest BCUT2D eigenvalue weighted by Gasteiger charge is -2.15. The number of pyridine rings is 1. The molecule has 130 valence electrons. The normalized spacial score (nSPS) is 10.8. The zero-order valence-corrected chi connectivity index (χ0v) is 13.7. The van der Waals surface area contributed by atoms with E-state index in [1.165, 1.54) is 18.2 Å². The summed E-state index contributed by atoms with van der Waals surface area (Å²) in [6, 6.07) is 5.42. The number of nitrogens with zero attached hydrogens (tertiary/aromatic N) is 1. The van der Waals surface area contributed by atoms with Gasteiger partial charge in [0.2, 0.25) is 0 Å². The fraction of sp³-hybridized carbons (Fsp3) is 0.294. The SMILES string of the molecule is CC.Cc1cc(C(=O)O)c(=O)n(-c2cccc(C(F)(F)F)c2)c1C. The highest BCUT2D eigenvalue weighted by Gasteiger charge is 2.30. The molecule has 4 nitrogen and oxygen atoms in total.